The summed E-state index contributed by atoms with van der Waals surface area (Å²) in [4.78, 5) is 13.7. The largest absolute Gasteiger partial charge is 0.459 e. The Morgan fingerprint density at radius 1 is 1.50 bits per heavy atom. The third-order valence-corrected chi connectivity index (χ3v) is 7.12. The number of fused-ring (bicyclic) bond motifs is 1. The molecule has 1 unspecified atom stereocenters. The summed E-state index contributed by atoms with van der Waals surface area (Å²) < 4.78 is 5.46. The van der Waals surface area contributed by atoms with Crippen molar-refractivity contribution < 1.29 is 9.53 Å². The monoisotopic (exact) mass is 366 g/mol. The van der Waals surface area contributed by atoms with Gasteiger partial charge in [-0.1, -0.05) is 41.9 Å². The van der Waals surface area contributed by atoms with Gasteiger partial charge in [0, 0.05) is 12.0 Å². The Balaban J connectivity index is 1.69. The smallest absolute Gasteiger partial charge is 0.333 e. The molecule has 2 nitrogen and oxygen atoms in total. The summed E-state index contributed by atoms with van der Waals surface area (Å²) in [5.74, 6) is 1.91. The standard InChI is InChI=1S/C19H27BrO2/c1-12(9-15-10-13(2)18(21)22-15)16-6-7-17-14(11-20)5-4-8-19(16,17)3/h11-12,15-17H,2,4-10H2,1,3H3/t12-,15+,16-,17?,19-/m1/s1. The number of carbonyl (C=O) groups excluding carboxylic acids is 1. The van der Waals surface area contributed by atoms with Crippen molar-refractivity contribution >= 4 is 21.9 Å². The van der Waals surface area contributed by atoms with Crippen LogP contribution in [0, 0.1) is 23.2 Å². The highest BCUT2D eigenvalue weighted by Gasteiger charge is 2.51. The van der Waals surface area contributed by atoms with Gasteiger partial charge in [0.15, 0.2) is 0 Å². The Morgan fingerprint density at radius 2 is 2.27 bits per heavy atom. The van der Waals surface area contributed by atoms with E-state index < -0.39 is 0 Å². The molecule has 1 saturated heterocycles. The van der Waals surface area contributed by atoms with E-state index in [1.165, 1.54) is 32.1 Å². The van der Waals surface area contributed by atoms with Crippen LogP contribution in [0.2, 0.25) is 0 Å². The van der Waals surface area contributed by atoms with Crippen LogP contribution >= 0.6 is 15.9 Å². The lowest BCUT2D eigenvalue weighted by atomic mass is 9.61. The minimum absolute atomic E-state index is 0.0624. The lowest BCUT2D eigenvalue weighted by Crippen LogP contribution is -2.36. The Bertz CT molecular complexity index is 494. The van der Waals surface area contributed by atoms with E-state index in [9.17, 15) is 4.79 Å². The summed E-state index contributed by atoms with van der Waals surface area (Å²) in [6.45, 7) is 8.66. The Kier molecular flexibility index (Phi) is 4.55. The number of rotatable bonds is 3. The van der Waals surface area contributed by atoms with Crippen LogP contribution in [0.5, 0.6) is 0 Å². The van der Waals surface area contributed by atoms with Crippen LogP contribution < -0.4 is 0 Å². The van der Waals surface area contributed by atoms with Gasteiger partial charge in [-0.15, -0.1) is 0 Å². The van der Waals surface area contributed by atoms with Gasteiger partial charge in [-0.2, -0.15) is 0 Å². The first-order valence-electron chi connectivity index (χ1n) is 8.63. The van der Waals surface area contributed by atoms with Crippen LogP contribution in [0.15, 0.2) is 22.7 Å². The minimum Gasteiger partial charge on any atom is -0.459 e. The molecule has 5 atom stereocenters. The molecule has 0 N–H and O–H groups in total. The molecule has 3 rings (SSSR count). The topological polar surface area (TPSA) is 26.3 Å². The van der Waals surface area contributed by atoms with E-state index in [4.69, 9.17) is 4.74 Å². The van der Waals surface area contributed by atoms with E-state index in [-0.39, 0.29) is 12.1 Å². The number of allylic oxidation sites excluding steroid dienone is 1. The fourth-order valence-corrected chi connectivity index (χ4v) is 6.04. The highest BCUT2D eigenvalue weighted by Crippen LogP contribution is 2.60. The second kappa shape index (κ2) is 6.14. The lowest BCUT2D eigenvalue weighted by molar-refractivity contribution is -0.139. The number of esters is 1. The zero-order valence-electron chi connectivity index (χ0n) is 13.7. The summed E-state index contributed by atoms with van der Waals surface area (Å²) in [5.41, 5.74) is 2.69. The molecule has 2 aliphatic carbocycles. The Labute approximate surface area is 142 Å². The SMILES string of the molecule is C=C1C[C@H](C[C@@H](C)[C@H]2CCC3C(=CBr)CCC[C@@]32C)OC1=O. The van der Waals surface area contributed by atoms with Crippen LogP contribution in [-0.4, -0.2) is 12.1 Å². The molecular weight excluding hydrogens is 340 g/mol. The molecule has 0 spiro atoms. The first-order valence-corrected chi connectivity index (χ1v) is 9.55. The van der Waals surface area contributed by atoms with Gasteiger partial charge in [-0.25, -0.2) is 4.79 Å². The maximum atomic E-state index is 11.5. The molecular formula is C19H27BrO2. The quantitative estimate of drug-likeness (QED) is 0.495. The first kappa shape index (κ1) is 16.3. The molecule has 3 aliphatic rings. The Morgan fingerprint density at radius 3 is 2.91 bits per heavy atom. The zero-order chi connectivity index (χ0) is 15.9. The van der Waals surface area contributed by atoms with Gasteiger partial charge >= 0.3 is 5.97 Å². The fourth-order valence-electron chi connectivity index (χ4n) is 5.49. The summed E-state index contributed by atoms with van der Waals surface area (Å²) in [7, 11) is 0. The number of ether oxygens (including phenoxy) is 1. The lowest BCUT2D eigenvalue weighted by Gasteiger charge is -2.44. The second-order valence-corrected chi connectivity index (χ2v) is 8.29. The highest BCUT2D eigenvalue weighted by molar-refractivity contribution is 9.11. The summed E-state index contributed by atoms with van der Waals surface area (Å²) in [6.07, 6.45) is 8.32. The fraction of sp³-hybridized carbons (Fsp3) is 0.737. The predicted octanol–water partition coefficient (Wildman–Crippen LogP) is 5.38. The van der Waals surface area contributed by atoms with Crippen molar-refractivity contribution in [3.05, 3.63) is 22.7 Å². The van der Waals surface area contributed by atoms with Crippen LogP contribution in [0.1, 0.15) is 58.8 Å². The molecule has 2 saturated carbocycles. The van der Waals surface area contributed by atoms with Crippen molar-refractivity contribution in [3.63, 3.8) is 0 Å². The second-order valence-electron chi connectivity index (χ2n) is 7.83. The number of halogens is 1. The molecule has 3 heteroatoms. The molecule has 0 radical (unpaired) electrons. The molecule has 0 amide bonds. The zero-order valence-corrected chi connectivity index (χ0v) is 15.3. The van der Waals surface area contributed by atoms with Crippen molar-refractivity contribution in [2.24, 2.45) is 23.2 Å². The van der Waals surface area contributed by atoms with Crippen LogP contribution in [0.4, 0.5) is 0 Å². The average molecular weight is 367 g/mol. The Hall–Kier alpha value is -0.570. The molecule has 0 aromatic carbocycles. The van der Waals surface area contributed by atoms with Gasteiger partial charge in [-0.3, -0.25) is 0 Å². The van der Waals surface area contributed by atoms with E-state index in [1.54, 1.807) is 5.57 Å². The van der Waals surface area contributed by atoms with Gasteiger partial charge in [0.05, 0.1) is 0 Å². The third kappa shape index (κ3) is 2.70. The van der Waals surface area contributed by atoms with Crippen LogP contribution in [-0.2, 0) is 9.53 Å². The normalized spacial score (nSPS) is 41.6. The molecule has 22 heavy (non-hydrogen) atoms. The van der Waals surface area contributed by atoms with Crippen molar-refractivity contribution in [2.45, 2.75) is 64.9 Å². The highest BCUT2D eigenvalue weighted by atomic mass is 79.9. The van der Waals surface area contributed by atoms with Gasteiger partial charge in [0.1, 0.15) is 6.10 Å². The molecule has 0 aromatic rings. The van der Waals surface area contributed by atoms with Gasteiger partial charge in [-0.05, 0) is 66.7 Å². The van der Waals surface area contributed by atoms with E-state index in [2.05, 4.69) is 41.3 Å². The van der Waals surface area contributed by atoms with Gasteiger partial charge < -0.3 is 4.74 Å². The number of cyclic esters (lactones) is 1. The molecule has 1 heterocycles. The summed E-state index contributed by atoms with van der Waals surface area (Å²) >= 11 is 3.58. The molecule has 1 aliphatic heterocycles. The van der Waals surface area contributed by atoms with Crippen LogP contribution in [0.3, 0.4) is 0 Å². The number of carbonyl (C=O) groups is 1. The van der Waals surface area contributed by atoms with E-state index in [0.29, 0.717) is 16.9 Å². The average Bonchev–Trinajstić information content (AvgIpc) is 2.98. The van der Waals surface area contributed by atoms with Gasteiger partial charge in [0.25, 0.3) is 0 Å². The molecule has 3 fully saturated rings. The molecule has 122 valence electrons. The maximum absolute atomic E-state index is 11.5. The number of hydrogen-bond acceptors (Lipinski definition) is 2. The predicted molar refractivity (Wildman–Crippen MR) is 92.6 cm³/mol. The van der Waals surface area contributed by atoms with E-state index in [1.807, 2.05) is 0 Å². The summed E-state index contributed by atoms with van der Waals surface area (Å²) in [6, 6.07) is 0. The van der Waals surface area contributed by atoms with Crippen LogP contribution in [0.25, 0.3) is 0 Å². The van der Waals surface area contributed by atoms with Crippen molar-refractivity contribution in [1.29, 1.82) is 0 Å². The third-order valence-electron chi connectivity index (χ3n) is 6.54. The molecule has 0 aromatic heterocycles. The van der Waals surface area contributed by atoms with Crippen molar-refractivity contribution in [1.82, 2.24) is 0 Å². The number of hydrogen-bond donors (Lipinski definition) is 0. The van der Waals surface area contributed by atoms with Gasteiger partial charge in [0.2, 0.25) is 0 Å². The summed E-state index contributed by atoms with van der Waals surface area (Å²) in [5, 5.41) is 0. The van der Waals surface area contributed by atoms with Crippen molar-refractivity contribution in [2.75, 3.05) is 0 Å². The molecule has 0 bridgehead atoms. The first-order chi connectivity index (χ1) is 10.5. The van der Waals surface area contributed by atoms with Crippen molar-refractivity contribution in [3.8, 4) is 0 Å². The van der Waals surface area contributed by atoms with E-state index in [0.717, 1.165) is 24.7 Å². The van der Waals surface area contributed by atoms with E-state index >= 15 is 0 Å². The maximum Gasteiger partial charge on any atom is 0.333 e. The minimum atomic E-state index is -0.185.